The van der Waals surface area contributed by atoms with Gasteiger partial charge in [-0.15, -0.1) is 0 Å². The largest absolute Gasteiger partial charge is 0.523 e. The second kappa shape index (κ2) is 35.6. The predicted molar refractivity (Wildman–Crippen MR) is 517 cm³/mol. The number of hydrogen-bond acceptors (Lipinski definition) is 19. The highest BCUT2D eigenvalue weighted by atomic mass is 16.8. The van der Waals surface area contributed by atoms with Crippen LogP contribution >= 0.6 is 0 Å². The summed E-state index contributed by atoms with van der Waals surface area (Å²) in [5.74, 6) is 2.17. The van der Waals surface area contributed by atoms with Crippen LogP contribution in [-0.4, -0.2) is 160 Å². The number of ether oxygens (including phenoxy) is 8. The minimum atomic E-state index is -0.530. The number of aryl methyl sites for hydroxylation is 7. The van der Waals surface area contributed by atoms with E-state index < -0.39 is 28.2 Å². The Morgan fingerprint density at radius 3 is 1.35 bits per heavy atom. The molecular weight excluding hydrogens is 1700 g/mol. The molecule has 4 saturated heterocycles. The maximum Gasteiger partial charge on any atom is 0.226 e. The van der Waals surface area contributed by atoms with E-state index in [1.165, 1.54) is 53.9 Å². The number of allylic oxidation sites excluding steroid dienone is 5. The van der Waals surface area contributed by atoms with Gasteiger partial charge < -0.3 is 58.0 Å². The van der Waals surface area contributed by atoms with Crippen molar-refractivity contribution in [3.05, 3.63) is 128 Å². The molecule has 15 atom stereocenters. The molecule has 8 heterocycles. The Labute approximate surface area is 806 Å². The second-order valence-corrected chi connectivity index (χ2v) is 49.3. The lowest BCUT2D eigenvalue weighted by atomic mass is 9.48. The summed E-state index contributed by atoms with van der Waals surface area (Å²) in [6.45, 7) is 66.1. The van der Waals surface area contributed by atoms with Crippen molar-refractivity contribution in [1.29, 1.82) is 0 Å². The number of hydrogen-bond donors (Lipinski definition) is 4. The van der Waals surface area contributed by atoms with Gasteiger partial charge in [-0.2, -0.15) is 20.4 Å². The van der Waals surface area contributed by atoms with Crippen LogP contribution in [0.25, 0.3) is 9.69 Å². The number of aromatic nitrogens is 8. The number of ketones is 4. The molecule has 18 aliphatic rings. The highest BCUT2D eigenvalue weighted by Crippen LogP contribution is 2.69. The van der Waals surface area contributed by atoms with Crippen molar-refractivity contribution >= 4 is 23.1 Å². The summed E-state index contributed by atoms with van der Waals surface area (Å²) in [6, 6.07) is 0. The average Bonchev–Trinajstić information content (AvgIpc) is 1.44. The zero-order chi connectivity index (χ0) is 99.2. The lowest BCUT2D eigenvalue weighted by Gasteiger charge is -2.61. The Kier molecular flexibility index (Phi) is 26.6. The van der Waals surface area contributed by atoms with E-state index in [1.54, 1.807) is 0 Å². The fraction of sp³-hybridized carbons (Fsp3) is 0.782. The van der Waals surface area contributed by atoms with Crippen LogP contribution in [0.3, 0.4) is 0 Å². The minimum absolute atomic E-state index is 0.0160. The Hall–Kier alpha value is -7.04. The molecule has 135 heavy (non-hydrogen) atoms. The molecule has 4 aromatic rings. The molecule has 14 aliphatic carbocycles. The predicted octanol–water partition coefficient (Wildman–Crippen LogP) is 20.7. The first-order valence-electron chi connectivity index (χ1n) is 52.0. The third-order valence-electron chi connectivity index (χ3n) is 40.2. The van der Waals surface area contributed by atoms with Crippen LogP contribution in [0.4, 0.5) is 0 Å². The SMILES string of the molecule is CC1(C)[C@@H]2CC/C(=C\O)C(=O)[C@@]2(C)CCC12OCCO2.CC1(C)[C@@H]2CCCC(=O)[C@@]2(C)CCC12OCCO2.CC1(C)[C@@H]2CCC[C@H](O)[C@@]2(C)CCC12OCCO2.CC1(C)[C@@H]2CCc3cn[nH]c3[C@@]2(C)CCC12OCCO2.Cn1cc2c(n1)[C@@]1(C)CCC(=O)C(C)(C)[C@@H]1CC2.[3H]C.[C-]#[N+]C1=C(O)C(C)(C)[C@@H]2CCc3cn(C)nc3[C@@]2(C)C1.[C-]#[N+]C1=C[C@]2(C)c3nn(C)cc3CC[C@H]2C(C)(C)C1=O. The lowest BCUT2D eigenvalue weighted by molar-refractivity contribution is -0.297. The molecule has 0 unspecified atom stereocenters. The number of Topliss-reactive ketones (excluding diaryl/α,β-unsaturated/α-hetero) is 4. The van der Waals surface area contributed by atoms with Crippen molar-refractivity contribution < 1.29 is 73.8 Å². The van der Waals surface area contributed by atoms with Gasteiger partial charge in [0.15, 0.2) is 34.7 Å². The highest BCUT2D eigenvalue weighted by molar-refractivity contribution is 6.03. The van der Waals surface area contributed by atoms with Gasteiger partial charge in [0.1, 0.15) is 17.3 Å². The molecule has 4 aliphatic heterocycles. The normalized spacial score (nSPS) is 37.2. The molecular formula is C110H164N10O15. The van der Waals surface area contributed by atoms with E-state index in [4.69, 9.17) is 57.5 Å². The third-order valence-corrected chi connectivity index (χ3v) is 40.2. The van der Waals surface area contributed by atoms with Crippen LogP contribution in [0.15, 0.2) is 59.9 Å². The first kappa shape index (κ1) is 101. The number of aromatic amines is 1. The molecule has 25 heteroatoms. The average molecular weight is 1870 g/mol. The summed E-state index contributed by atoms with van der Waals surface area (Å²) in [4.78, 5) is 56.8. The van der Waals surface area contributed by atoms with Crippen molar-refractivity contribution in [3.63, 3.8) is 0 Å². The maximum absolute atomic E-state index is 12.7. The molecule has 4 aromatic heterocycles. The van der Waals surface area contributed by atoms with Gasteiger partial charge in [-0.25, -0.2) is 9.69 Å². The number of rotatable bonds is 0. The molecule has 0 aromatic carbocycles. The summed E-state index contributed by atoms with van der Waals surface area (Å²) in [5.41, 5.74) is 9.43. The first-order valence-corrected chi connectivity index (χ1v) is 51.0. The van der Waals surface area contributed by atoms with E-state index in [2.05, 4.69) is 173 Å². The van der Waals surface area contributed by atoms with Gasteiger partial charge in [0, 0.05) is 161 Å². The van der Waals surface area contributed by atoms with E-state index in [1.807, 2.05) is 68.2 Å². The summed E-state index contributed by atoms with van der Waals surface area (Å²) in [7, 11) is 7.12. The zero-order valence-electron chi connectivity index (χ0n) is 87.6. The molecule has 8 saturated carbocycles. The molecule has 0 radical (unpaired) electrons. The van der Waals surface area contributed by atoms with Crippen molar-refractivity contribution in [2.45, 2.75) is 377 Å². The molecule has 4 N–H and O–H groups in total. The summed E-state index contributed by atoms with van der Waals surface area (Å²) in [5, 5.41) is 51.7. The number of aliphatic hydroxyl groups excluding tert-OH is 3. The van der Waals surface area contributed by atoms with E-state index >= 15 is 0 Å². The number of aliphatic hydroxyl groups is 3. The van der Waals surface area contributed by atoms with Gasteiger partial charge in [-0.05, 0) is 198 Å². The van der Waals surface area contributed by atoms with Crippen LogP contribution in [-0.2, 0) is 126 Å². The fourth-order valence-electron chi connectivity index (χ4n) is 32.6. The topological polar surface area (TPSA) is 294 Å². The van der Waals surface area contributed by atoms with E-state index in [0.717, 1.165) is 185 Å². The van der Waals surface area contributed by atoms with Crippen molar-refractivity contribution in [2.24, 2.45) is 117 Å². The smallest absolute Gasteiger partial charge is 0.226 e. The Morgan fingerprint density at radius 1 is 0.430 bits per heavy atom. The molecule has 0 amide bonds. The van der Waals surface area contributed by atoms with Gasteiger partial charge >= 0.3 is 0 Å². The van der Waals surface area contributed by atoms with Gasteiger partial charge in [0.25, 0.3) is 0 Å². The molecule has 4 spiro atoms. The quantitative estimate of drug-likeness (QED) is 0.0722. The molecule has 22 rings (SSSR count). The number of fused-ring (bicyclic) bond motifs is 15. The monoisotopic (exact) mass is 1870 g/mol. The number of nitrogens with one attached hydrogen (secondary N) is 1. The van der Waals surface area contributed by atoms with E-state index in [9.17, 15) is 34.5 Å². The Bertz CT molecular complexity index is 5340. The Morgan fingerprint density at radius 2 is 0.844 bits per heavy atom. The zero-order valence-corrected chi connectivity index (χ0v) is 86.6. The molecule has 0 bridgehead atoms. The van der Waals surface area contributed by atoms with Crippen molar-refractivity contribution in [1.82, 2.24) is 39.5 Å². The van der Waals surface area contributed by atoms with Gasteiger partial charge in [0.2, 0.25) is 11.4 Å². The van der Waals surface area contributed by atoms with Gasteiger partial charge in [0.05, 0.1) is 102 Å². The number of carbonyl (C=O) groups is 4. The van der Waals surface area contributed by atoms with Gasteiger partial charge in [-0.3, -0.25) is 33.5 Å². The van der Waals surface area contributed by atoms with Crippen LogP contribution in [0, 0.1) is 109 Å². The van der Waals surface area contributed by atoms with E-state index in [-0.39, 0.29) is 112 Å². The summed E-state index contributed by atoms with van der Waals surface area (Å²) < 4.78 is 59.6. The second-order valence-electron chi connectivity index (χ2n) is 49.3. The Balaban J connectivity index is 0.000000120. The number of nitrogens with zero attached hydrogens (tertiary/aromatic N) is 9. The lowest BCUT2D eigenvalue weighted by Crippen LogP contribution is -2.62. The summed E-state index contributed by atoms with van der Waals surface area (Å²) >= 11 is 0. The minimum Gasteiger partial charge on any atom is -0.523 e. The van der Waals surface area contributed by atoms with E-state index in [0.29, 0.717) is 98.1 Å². The first-order chi connectivity index (χ1) is 63.7. The van der Waals surface area contributed by atoms with Crippen LogP contribution in [0.5, 0.6) is 0 Å². The van der Waals surface area contributed by atoms with Crippen LogP contribution in [0.2, 0.25) is 0 Å². The molecule has 744 valence electrons. The van der Waals surface area contributed by atoms with Gasteiger partial charge in [-0.1, -0.05) is 165 Å². The number of H-pyrrole nitrogens is 1. The van der Waals surface area contributed by atoms with Crippen molar-refractivity contribution in [2.75, 3.05) is 52.9 Å². The number of carbonyl (C=O) groups excluding carboxylic acids is 4. The fourth-order valence-corrected chi connectivity index (χ4v) is 32.6. The maximum atomic E-state index is 12.7. The highest BCUT2D eigenvalue weighted by Gasteiger charge is 2.70. The van der Waals surface area contributed by atoms with Crippen LogP contribution in [0.1, 0.15) is 347 Å². The molecule has 12 fully saturated rings. The van der Waals surface area contributed by atoms with Crippen LogP contribution < -0.4 is 0 Å². The molecule has 25 nitrogen and oxygen atoms in total. The third kappa shape index (κ3) is 15.8. The standard InChI is InChI=1S/C16H21N3O.C16H19N3O.C16H24N2O2.C16H24O4.C15H22N2O.C15H26O3.C15H24O3.CH4/c2*1-15(2)12-7-6-10-9-19(5)18-13(10)16(12,3)8-11(17-4)14(15)20;1-14(2)12-5-4-11-10-17-18-13(11)15(12,3)6-7-16(14)19-8-9-20-16;1-14(2)12-5-4-11(10-17)13(18)15(12,3)6-7-16(14)19-8-9-20-16;1-14(2)11-6-5-10-9-17(4)16-13(10)15(11,3)8-7-12(14)18;2*1-13(2)11-5-4-6-12(16)14(11,3)7-8-15(13)17-9-10-18-15;/h9,12,20H,6-8H2,1-3,5H3;8-9,12H,6-7H2,1-3,5H3;10,12H,4-9H2,1-3H3,(H,17,18);10,12,17H,4-9H2,1-3H3;9,11H,5-8H2,1-4H3;11-12,16H,4-10H2,1-3H3;11H,4-10H2,1-3H3;1H4/b;;;11-10+;;;;/t2*12-,16-;2*12-,15-;11-,15-;11-,12-,14-;11-,14-;/m0000000./s1/i;;;;;;;1T. The van der Waals surface area contributed by atoms with Crippen molar-refractivity contribution in [3.8, 4) is 0 Å². The summed E-state index contributed by atoms with van der Waals surface area (Å²) in [6.07, 6.45) is 36.8.